The predicted molar refractivity (Wildman–Crippen MR) is 156 cm³/mol. The van der Waals surface area contributed by atoms with Crippen molar-refractivity contribution in [2.45, 2.75) is 37.6 Å². The van der Waals surface area contributed by atoms with E-state index in [2.05, 4.69) is 25.6 Å². The molecule has 234 valence electrons. The number of fused-ring (bicyclic) bond motifs is 1. The SMILES string of the molecule is COC[C@@H]1CCCN1CCCc1cc(-c2ccc(NC(=O)Nc3cc(C(F)(F)CF)ccc3F)c(F)c2)c2c(N)ncnn12. The Bertz CT molecular complexity index is 1650. The number of urea groups is 1. The number of benzene rings is 2. The first-order valence-electron chi connectivity index (χ1n) is 14.1. The number of halogens is 5. The van der Waals surface area contributed by atoms with E-state index in [4.69, 9.17) is 10.5 Å². The van der Waals surface area contributed by atoms with Crippen LogP contribution < -0.4 is 16.4 Å². The van der Waals surface area contributed by atoms with Gasteiger partial charge in [0.15, 0.2) is 12.5 Å². The van der Waals surface area contributed by atoms with Gasteiger partial charge in [-0.1, -0.05) is 6.07 Å². The van der Waals surface area contributed by atoms with Crippen molar-refractivity contribution in [1.82, 2.24) is 19.5 Å². The van der Waals surface area contributed by atoms with Gasteiger partial charge >= 0.3 is 12.0 Å². The van der Waals surface area contributed by atoms with Crippen LogP contribution in [0.25, 0.3) is 16.6 Å². The lowest BCUT2D eigenvalue weighted by atomic mass is 10.1. The van der Waals surface area contributed by atoms with Gasteiger partial charge in [0.2, 0.25) is 0 Å². The zero-order chi connectivity index (χ0) is 31.4. The molecule has 1 aliphatic rings. The van der Waals surface area contributed by atoms with Crippen LogP contribution >= 0.6 is 0 Å². The molecular formula is C30H32F5N7O2. The molecule has 0 radical (unpaired) electrons. The number of nitrogen functional groups attached to an aromatic ring is 1. The largest absolute Gasteiger partial charge is 0.383 e. The number of ether oxygens (including phenoxy) is 1. The number of likely N-dealkylation sites (tertiary alicyclic amines) is 1. The number of carbonyl (C=O) groups excluding carboxylic acids is 1. The van der Waals surface area contributed by atoms with Gasteiger partial charge in [-0.25, -0.2) is 27.5 Å². The molecule has 3 heterocycles. The number of hydrogen-bond acceptors (Lipinski definition) is 6. The summed E-state index contributed by atoms with van der Waals surface area (Å²) in [5.74, 6) is -5.49. The maximum atomic E-state index is 15.2. The lowest BCUT2D eigenvalue weighted by Crippen LogP contribution is -2.33. The second-order valence-electron chi connectivity index (χ2n) is 10.7. The normalized spacial score (nSPS) is 15.6. The molecule has 44 heavy (non-hydrogen) atoms. The third kappa shape index (κ3) is 6.60. The molecule has 1 saturated heterocycles. The minimum atomic E-state index is -3.86. The zero-order valence-corrected chi connectivity index (χ0v) is 23.9. The van der Waals surface area contributed by atoms with Crippen molar-refractivity contribution in [3.05, 3.63) is 71.7 Å². The Labute approximate surface area is 250 Å². The fraction of sp³-hybridized carbons (Fsp3) is 0.367. The molecule has 0 bridgehead atoms. The first-order valence-corrected chi connectivity index (χ1v) is 14.1. The van der Waals surface area contributed by atoms with E-state index in [0.29, 0.717) is 47.8 Å². The molecule has 2 aromatic heterocycles. The molecule has 2 amide bonds. The van der Waals surface area contributed by atoms with Crippen molar-refractivity contribution in [2.24, 2.45) is 0 Å². The summed E-state index contributed by atoms with van der Waals surface area (Å²) in [4.78, 5) is 19.0. The van der Waals surface area contributed by atoms with Crippen LogP contribution in [0.2, 0.25) is 0 Å². The van der Waals surface area contributed by atoms with Crippen molar-refractivity contribution in [3.8, 4) is 11.1 Å². The molecule has 2 aromatic carbocycles. The van der Waals surface area contributed by atoms with E-state index in [1.807, 2.05) is 6.07 Å². The van der Waals surface area contributed by atoms with Crippen molar-refractivity contribution < 1.29 is 31.5 Å². The minimum absolute atomic E-state index is 0.213. The summed E-state index contributed by atoms with van der Waals surface area (Å²) in [6, 6.07) is 7.30. The van der Waals surface area contributed by atoms with Gasteiger partial charge in [0, 0.05) is 30.0 Å². The van der Waals surface area contributed by atoms with Crippen molar-refractivity contribution >= 4 is 28.7 Å². The van der Waals surface area contributed by atoms with Crippen LogP contribution in [0.15, 0.2) is 48.8 Å². The summed E-state index contributed by atoms with van der Waals surface area (Å²) in [7, 11) is 1.71. The molecule has 9 nitrogen and oxygen atoms in total. The molecule has 0 spiro atoms. The Morgan fingerprint density at radius 2 is 1.91 bits per heavy atom. The Morgan fingerprint density at radius 3 is 2.66 bits per heavy atom. The fourth-order valence-electron chi connectivity index (χ4n) is 5.55. The molecule has 1 fully saturated rings. The molecule has 1 aliphatic heterocycles. The summed E-state index contributed by atoms with van der Waals surface area (Å²) in [6.07, 6.45) is 5.14. The first kappa shape index (κ1) is 31.1. The Hall–Kier alpha value is -4.30. The lowest BCUT2D eigenvalue weighted by molar-refractivity contribution is -0.0280. The Balaban J connectivity index is 1.32. The predicted octanol–water partition coefficient (Wildman–Crippen LogP) is 6.01. The molecule has 0 unspecified atom stereocenters. The number of nitrogens with zero attached hydrogens (tertiary/aromatic N) is 4. The summed E-state index contributed by atoms with van der Waals surface area (Å²) < 4.78 is 76.5. The summed E-state index contributed by atoms with van der Waals surface area (Å²) in [5, 5.41) is 8.67. The Kier molecular flexibility index (Phi) is 9.30. The van der Waals surface area contributed by atoms with Gasteiger partial charge in [0.25, 0.3) is 0 Å². The van der Waals surface area contributed by atoms with E-state index < -0.39 is 41.5 Å². The number of amides is 2. The topological polar surface area (TPSA) is 110 Å². The number of nitrogens with two attached hydrogens (primary N) is 1. The third-order valence-electron chi connectivity index (χ3n) is 7.73. The number of aromatic nitrogens is 3. The number of aryl methyl sites for hydroxylation is 1. The van der Waals surface area contributed by atoms with E-state index in [0.717, 1.165) is 44.1 Å². The standard InChI is InChI=1S/C30H32F5N7O2/c1-44-15-21-5-3-11-41(21)10-2-4-20-14-22(27-28(36)37-17-38-42(20)27)18-6-9-25(24(33)12-18)39-29(43)40-26-13-19(7-8-23(26)32)30(34,35)16-31/h6-9,12-14,17,21H,2-5,10-11,15-16H2,1H3,(H2,36,37,38)(H2,39,40,43)/t21-/m0/s1. The highest BCUT2D eigenvalue weighted by Crippen LogP contribution is 2.34. The van der Waals surface area contributed by atoms with E-state index >= 15 is 4.39 Å². The number of nitrogens with one attached hydrogen (secondary N) is 2. The maximum Gasteiger partial charge on any atom is 0.323 e. The Morgan fingerprint density at radius 1 is 1.11 bits per heavy atom. The van der Waals surface area contributed by atoms with Crippen molar-refractivity contribution in [1.29, 1.82) is 0 Å². The molecule has 4 aromatic rings. The van der Waals surface area contributed by atoms with Crippen LogP contribution in [-0.2, 0) is 17.1 Å². The van der Waals surface area contributed by atoms with E-state index in [1.54, 1.807) is 17.7 Å². The molecule has 0 saturated carbocycles. The van der Waals surface area contributed by atoms with Gasteiger partial charge in [-0.05, 0) is 80.7 Å². The second kappa shape index (κ2) is 13.1. The molecule has 0 aliphatic carbocycles. The second-order valence-corrected chi connectivity index (χ2v) is 10.7. The van der Waals surface area contributed by atoms with E-state index in [1.165, 1.54) is 18.5 Å². The summed E-state index contributed by atoms with van der Waals surface area (Å²) >= 11 is 0. The van der Waals surface area contributed by atoms with E-state index in [9.17, 15) is 22.4 Å². The molecule has 1 atom stereocenters. The number of alkyl halides is 3. The highest BCUT2D eigenvalue weighted by Gasteiger charge is 2.32. The highest BCUT2D eigenvalue weighted by atomic mass is 19.3. The molecule has 5 rings (SSSR count). The van der Waals surface area contributed by atoms with Crippen LogP contribution in [0.1, 0.15) is 30.5 Å². The smallest absolute Gasteiger partial charge is 0.323 e. The van der Waals surface area contributed by atoms with Gasteiger partial charge in [-0.3, -0.25) is 4.90 Å². The number of hydrogen-bond donors (Lipinski definition) is 3. The number of methoxy groups -OCH3 is 1. The van der Waals surface area contributed by atoms with Crippen LogP contribution in [0.4, 0.5) is 43.9 Å². The summed E-state index contributed by atoms with van der Waals surface area (Å²) in [5.41, 5.74) is 6.95. The van der Waals surface area contributed by atoms with Gasteiger partial charge in [0.1, 0.15) is 23.5 Å². The van der Waals surface area contributed by atoms with E-state index in [-0.39, 0.29) is 11.5 Å². The van der Waals surface area contributed by atoms with Crippen LogP contribution in [0.5, 0.6) is 0 Å². The summed E-state index contributed by atoms with van der Waals surface area (Å²) in [6.45, 7) is 0.619. The van der Waals surface area contributed by atoms with Crippen LogP contribution in [0, 0.1) is 11.6 Å². The third-order valence-corrected chi connectivity index (χ3v) is 7.73. The van der Waals surface area contributed by atoms with Gasteiger partial charge < -0.3 is 21.1 Å². The van der Waals surface area contributed by atoms with Gasteiger partial charge in [-0.15, -0.1) is 0 Å². The maximum absolute atomic E-state index is 15.2. The van der Waals surface area contributed by atoms with Crippen LogP contribution in [-0.4, -0.2) is 65.1 Å². The number of rotatable bonds is 11. The van der Waals surface area contributed by atoms with Crippen LogP contribution in [0.3, 0.4) is 0 Å². The first-order chi connectivity index (χ1) is 21.1. The molecule has 4 N–H and O–H groups in total. The lowest BCUT2D eigenvalue weighted by Gasteiger charge is -2.23. The zero-order valence-electron chi connectivity index (χ0n) is 23.9. The number of anilines is 3. The molecule has 14 heteroatoms. The van der Waals surface area contributed by atoms with Crippen molar-refractivity contribution in [2.75, 3.05) is 49.8 Å². The monoisotopic (exact) mass is 617 g/mol. The average Bonchev–Trinajstić information content (AvgIpc) is 3.60. The molecular weight excluding hydrogens is 585 g/mol. The number of carbonyl (C=O) groups is 1. The van der Waals surface area contributed by atoms with Gasteiger partial charge in [0.05, 0.1) is 18.0 Å². The van der Waals surface area contributed by atoms with Crippen molar-refractivity contribution in [3.63, 3.8) is 0 Å². The average molecular weight is 618 g/mol. The van der Waals surface area contributed by atoms with Gasteiger partial charge in [-0.2, -0.15) is 13.9 Å². The fourth-order valence-corrected chi connectivity index (χ4v) is 5.55. The minimum Gasteiger partial charge on any atom is -0.383 e. The highest BCUT2D eigenvalue weighted by molar-refractivity contribution is 6.00. The quantitative estimate of drug-likeness (QED) is 0.178.